The molecule has 0 unspecified atom stereocenters. The second kappa shape index (κ2) is 7.18. The van der Waals surface area contributed by atoms with Crippen molar-refractivity contribution in [3.05, 3.63) is 35.1 Å². The number of nitrogens with zero attached hydrogens (tertiary/aromatic N) is 1. The van der Waals surface area contributed by atoms with Gasteiger partial charge in [0.15, 0.2) is 0 Å². The Labute approximate surface area is 127 Å². The van der Waals surface area contributed by atoms with Crippen LogP contribution in [0.5, 0.6) is 0 Å². The van der Waals surface area contributed by atoms with Crippen molar-refractivity contribution in [1.29, 1.82) is 0 Å². The number of hydrogen-bond donors (Lipinski definition) is 0. The summed E-state index contributed by atoms with van der Waals surface area (Å²) in [5, 5.41) is 0.820. The zero-order chi connectivity index (χ0) is 14.5. The Bertz CT molecular complexity index is 473. The molecule has 0 aliphatic carbocycles. The minimum Gasteiger partial charge on any atom is -0.377 e. The van der Waals surface area contributed by atoms with Gasteiger partial charge in [-0.05, 0) is 37.5 Å². The van der Waals surface area contributed by atoms with Crippen LogP contribution in [0.4, 0.5) is 4.39 Å². The minimum absolute atomic E-state index is 0.162. The fourth-order valence-corrected chi connectivity index (χ4v) is 2.59. The molecule has 0 atom stereocenters. The highest BCUT2D eigenvalue weighted by molar-refractivity contribution is 9.09. The zero-order valence-corrected chi connectivity index (χ0v) is 13.2. The van der Waals surface area contributed by atoms with Crippen molar-refractivity contribution in [1.82, 2.24) is 4.90 Å². The fourth-order valence-electron chi connectivity index (χ4n) is 2.40. The van der Waals surface area contributed by atoms with Crippen LogP contribution in [0.3, 0.4) is 0 Å². The average molecular weight is 344 g/mol. The highest BCUT2D eigenvalue weighted by atomic mass is 79.9. The first-order chi connectivity index (χ1) is 9.61. The average Bonchev–Trinajstić information content (AvgIpc) is 2.45. The molecule has 1 aliphatic heterocycles. The third-order valence-electron chi connectivity index (χ3n) is 3.51. The van der Waals surface area contributed by atoms with Gasteiger partial charge in [0.2, 0.25) is 0 Å². The molecule has 2 rings (SSSR count). The van der Waals surface area contributed by atoms with Crippen LogP contribution in [0.15, 0.2) is 18.2 Å². The van der Waals surface area contributed by atoms with Crippen LogP contribution in [-0.4, -0.2) is 41.9 Å². The van der Waals surface area contributed by atoms with Crippen LogP contribution in [-0.2, 0) is 4.74 Å². The van der Waals surface area contributed by atoms with E-state index < -0.39 is 5.82 Å². The molecule has 0 bridgehead atoms. The number of carbonyl (C=O) groups excluding carboxylic acids is 1. The summed E-state index contributed by atoms with van der Waals surface area (Å²) in [6.07, 6.45) is 1.83. The van der Waals surface area contributed by atoms with E-state index >= 15 is 0 Å². The molecule has 110 valence electrons. The van der Waals surface area contributed by atoms with E-state index in [0.717, 1.165) is 23.7 Å². The third-order valence-corrected chi connectivity index (χ3v) is 3.84. The summed E-state index contributed by atoms with van der Waals surface area (Å²) < 4.78 is 19.5. The molecule has 0 aromatic heterocycles. The summed E-state index contributed by atoms with van der Waals surface area (Å²) in [6, 6.07) is 4.74. The van der Waals surface area contributed by atoms with Gasteiger partial charge in [0.25, 0.3) is 5.91 Å². The molecule has 1 aromatic rings. The number of ether oxygens (including phenoxy) is 1. The van der Waals surface area contributed by atoms with Crippen molar-refractivity contribution in [3.8, 4) is 0 Å². The number of hydrogen-bond acceptors (Lipinski definition) is 2. The van der Waals surface area contributed by atoms with Crippen molar-refractivity contribution in [3.63, 3.8) is 0 Å². The van der Waals surface area contributed by atoms with E-state index in [1.165, 1.54) is 6.07 Å². The van der Waals surface area contributed by atoms with Gasteiger partial charge in [-0.15, -0.1) is 0 Å². The molecule has 3 nitrogen and oxygen atoms in total. The molecule has 0 N–H and O–H groups in total. The molecule has 0 radical (unpaired) electrons. The van der Waals surface area contributed by atoms with Crippen LogP contribution < -0.4 is 0 Å². The van der Waals surface area contributed by atoms with Crippen LogP contribution in [0.1, 0.15) is 28.8 Å². The zero-order valence-electron chi connectivity index (χ0n) is 11.6. The SMILES string of the molecule is Cc1ccc(C(=O)N2CCC(OCCBr)CC2)c(F)c1. The lowest BCUT2D eigenvalue weighted by atomic mass is 10.1. The number of amides is 1. The largest absolute Gasteiger partial charge is 0.377 e. The molecule has 1 aliphatic rings. The highest BCUT2D eigenvalue weighted by Crippen LogP contribution is 2.18. The maximum absolute atomic E-state index is 13.8. The molecule has 1 heterocycles. The Morgan fingerprint density at radius 1 is 1.45 bits per heavy atom. The Morgan fingerprint density at radius 2 is 2.15 bits per heavy atom. The van der Waals surface area contributed by atoms with Crippen molar-refractivity contribution in [2.24, 2.45) is 0 Å². The van der Waals surface area contributed by atoms with Gasteiger partial charge in [0, 0.05) is 18.4 Å². The lowest BCUT2D eigenvalue weighted by molar-refractivity contribution is 0.0158. The Hall–Kier alpha value is -0.940. The van der Waals surface area contributed by atoms with Crippen molar-refractivity contribution in [2.75, 3.05) is 25.0 Å². The van der Waals surface area contributed by atoms with Gasteiger partial charge < -0.3 is 9.64 Å². The Morgan fingerprint density at radius 3 is 2.75 bits per heavy atom. The number of rotatable bonds is 4. The summed E-state index contributed by atoms with van der Waals surface area (Å²) in [5.74, 6) is -0.658. The number of likely N-dealkylation sites (tertiary alicyclic amines) is 1. The first kappa shape index (κ1) is 15.4. The Kier molecular flexibility index (Phi) is 5.54. The third kappa shape index (κ3) is 3.79. The van der Waals surface area contributed by atoms with Gasteiger partial charge in [-0.2, -0.15) is 0 Å². The van der Waals surface area contributed by atoms with Crippen LogP contribution in [0.2, 0.25) is 0 Å². The molecular weight excluding hydrogens is 325 g/mol. The van der Waals surface area contributed by atoms with Crippen molar-refractivity contribution < 1.29 is 13.9 Å². The van der Waals surface area contributed by atoms with E-state index in [9.17, 15) is 9.18 Å². The van der Waals surface area contributed by atoms with Crippen LogP contribution in [0.25, 0.3) is 0 Å². The van der Waals surface area contributed by atoms with E-state index in [-0.39, 0.29) is 17.6 Å². The molecular formula is C15H19BrFNO2. The van der Waals surface area contributed by atoms with Crippen LogP contribution in [0, 0.1) is 12.7 Å². The predicted octanol–water partition coefficient (Wildman–Crippen LogP) is 3.15. The maximum Gasteiger partial charge on any atom is 0.256 e. The van der Waals surface area contributed by atoms with Gasteiger partial charge in [0.05, 0.1) is 18.3 Å². The number of benzene rings is 1. The van der Waals surface area contributed by atoms with Gasteiger partial charge in [-0.25, -0.2) is 4.39 Å². The molecule has 1 aromatic carbocycles. The van der Waals surface area contributed by atoms with Gasteiger partial charge in [-0.1, -0.05) is 22.0 Å². The van der Waals surface area contributed by atoms with E-state index in [2.05, 4.69) is 15.9 Å². The van der Waals surface area contributed by atoms with Crippen LogP contribution >= 0.6 is 15.9 Å². The molecule has 5 heteroatoms. The monoisotopic (exact) mass is 343 g/mol. The van der Waals surface area contributed by atoms with E-state index in [1.807, 2.05) is 6.92 Å². The second-order valence-electron chi connectivity index (χ2n) is 5.03. The van der Waals surface area contributed by atoms with Gasteiger partial charge in [0.1, 0.15) is 5.82 Å². The predicted molar refractivity (Wildman–Crippen MR) is 79.8 cm³/mol. The molecule has 20 heavy (non-hydrogen) atoms. The second-order valence-corrected chi connectivity index (χ2v) is 5.83. The fraction of sp³-hybridized carbons (Fsp3) is 0.533. The molecule has 1 fully saturated rings. The van der Waals surface area contributed by atoms with Crippen molar-refractivity contribution >= 4 is 21.8 Å². The van der Waals surface area contributed by atoms with Gasteiger partial charge >= 0.3 is 0 Å². The number of aryl methyl sites for hydroxylation is 1. The summed E-state index contributed by atoms with van der Waals surface area (Å²) in [7, 11) is 0. The molecule has 1 amide bonds. The van der Waals surface area contributed by atoms with Crippen molar-refractivity contribution in [2.45, 2.75) is 25.9 Å². The smallest absolute Gasteiger partial charge is 0.256 e. The normalized spacial score (nSPS) is 16.4. The molecule has 0 saturated carbocycles. The first-order valence-corrected chi connectivity index (χ1v) is 7.97. The first-order valence-electron chi connectivity index (χ1n) is 6.85. The van der Waals surface area contributed by atoms with E-state index in [4.69, 9.17) is 4.74 Å². The summed E-state index contributed by atoms with van der Waals surface area (Å²) in [4.78, 5) is 14.0. The van der Waals surface area contributed by atoms with E-state index in [1.54, 1.807) is 17.0 Å². The van der Waals surface area contributed by atoms with E-state index in [0.29, 0.717) is 19.7 Å². The Balaban J connectivity index is 1.94. The quantitative estimate of drug-likeness (QED) is 0.786. The summed E-state index contributed by atoms with van der Waals surface area (Å²) in [6.45, 7) is 3.74. The summed E-state index contributed by atoms with van der Waals surface area (Å²) in [5.41, 5.74) is 0.983. The number of carbonyl (C=O) groups is 1. The maximum atomic E-state index is 13.8. The molecule has 0 spiro atoms. The number of alkyl halides is 1. The summed E-state index contributed by atoms with van der Waals surface area (Å²) >= 11 is 3.32. The lowest BCUT2D eigenvalue weighted by Crippen LogP contribution is -2.41. The number of piperidine rings is 1. The lowest BCUT2D eigenvalue weighted by Gasteiger charge is -2.32. The van der Waals surface area contributed by atoms with Gasteiger partial charge in [-0.3, -0.25) is 4.79 Å². The number of halogens is 2. The topological polar surface area (TPSA) is 29.5 Å². The minimum atomic E-state index is -0.437. The molecule has 1 saturated heterocycles. The highest BCUT2D eigenvalue weighted by Gasteiger charge is 2.25. The standard InChI is InChI=1S/C15H19BrFNO2/c1-11-2-3-13(14(17)10-11)15(19)18-7-4-12(5-8-18)20-9-6-16/h2-3,10,12H,4-9H2,1H3.